The molecular formula is C11H12FN3O2. The molecule has 5 nitrogen and oxygen atoms in total. The predicted molar refractivity (Wildman–Crippen MR) is 61.7 cm³/mol. The fourth-order valence-electron chi connectivity index (χ4n) is 1.60. The molecule has 17 heavy (non-hydrogen) atoms. The Morgan fingerprint density at radius 3 is 2.65 bits per heavy atom. The minimum absolute atomic E-state index is 0.00625. The summed E-state index contributed by atoms with van der Waals surface area (Å²) in [5, 5.41) is 0.149. The van der Waals surface area contributed by atoms with Crippen molar-refractivity contribution in [3.8, 4) is 0 Å². The molecular weight excluding hydrogens is 225 g/mol. The SMILES string of the molecule is Cc1c(F)c2cn(C(C)C)c(=O)nc2[nH]c1=O. The van der Waals surface area contributed by atoms with Gasteiger partial charge in [-0.25, -0.2) is 9.18 Å². The average Bonchev–Trinajstić information content (AvgIpc) is 2.25. The van der Waals surface area contributed by atoms with E-state index in [2.05, 4.69) is 9.97 Å². The van der Waals surface area contributed by atoms with Crippen molar-refractivity contribution < 1.29 is 4.39 Å². The van der Waals surface area contributed by atoms with Crippen molar-refractivity contribution in [2.45, 2.75) is 26.8 Å². The molecule has 0 aliphatic heterocycles. The minimum atomic E-state index is -0.634. The third kappa shape index (κ3) is 1.75. The van der Waals surface area contributed by atoms with Gasteiger partial charge >= 0.3 is 5.69 Å². The average molecular weight is 237 g/mol. The van der Waals surface area contributed by atoms with Crippen molar-refractivity contribution in [1.82, 2.24) is 14.5 Å². The van der Waals surface area contributed by atoms with Gasteiger partial charge in [0.15, 0.2) is 0 Å². The summed E-state index contributed by atoms with van der Waals surface area (Å²) in [6.45, 7) is 4.98. The van der Waals surface area contributed by atoms with Crippen molar-refractivity contribution in [3.63, 3.8) is 0 Å². The van der Waals surface area contributed by atoms with Gasteiger partial charge in [-0.2, -0.15) is 4.98 Å². The van der Waals surface area contributed by atoms with E-state index in [-0.39, 0.29) is 22.6 Å². The van der Waals surface area contributed by atoms with Crippen molar-refractivity contribution in [3.05, 3.63) is 38.4 Å². The van der Waals surface area contributed by atoms with Gasteiger partial charge in [-0.05, 0) is 20.8 Å². The minimum Gasteiger partial charge on any atom is -0.306 e. The highest BCUT2D eigenvalue weighted by molar-refractivity contribution is 5.74. The van der Waals surface area contributed by atoms with Gasteiger partial charge in [0.1, 0.15) is 11.5 Å². The zero-order valence-electron chi connectivity index (χ0n) is 9.74. The Kier molecular flexibility index (Phi) is 2.57. The monoisotopic (exact) mass is 237 g/mol. The second kappa shape index (κ2) is 3.80. The first-order valence-corrected chi connectivity index (χ1v) is 5.23. The Bertz CT molecular complexity index is 700. The van der Waals surface area contributed by atoms with Gasteiger partial charge in [-0.3, -0.25) is 9.36 Å². The number of fused-ring (bicyclic) bond motifs is 1. The van der Waals surface area contributed by atoms with Crippen LogP contribution in [0.2, 0.25) is 0 Å². The zero-order valence-corrected chi connectivity index (χ0v) is 9.74. The van der Waals surface area contributed by atoms with E-state index in [0.717, 1.165) is 0 Å². The highest BCUT2D eigenvalue weighted by atomic mass is 19.1. The molecule has 0 spiro atoms. The fourth-order valence-corrected chi connectivity index (χ4v) is 1.60. The molecule has 2 aromatic heterocycles. The van der Waals surface area contributed by atoms with Gasteiger partial charge < -0.3 is 4.98 Å². The van der Waals surface area contributed by atoms with Crippen molar-refractivity contribution in [2.24, 2.45) is 0 Å². The highest BCUT2D eigenvalue weighted by Crippen LogP contribution is 2.13. The van der Waals surface area contributed by atoms with Crippen LogP contribution in [-0.4, -0.2) is 14.5 Å². The van der Waals surface area contributed by atoms with Crippen molar-refractivity contribution in [1.29, 1.82) is 0 Å². The number of H-pyrrole nitrogens is 1. The van der Waals surface area contributed by atoms with E-state index in [1.165, 1.54) is 17.7 Å². The Morgan fingerprint density at radius 1 is 1.41 bits per heavy atom. The molecule has 0 radical (unpaired) electrons. The summed E-state index contributed by atoms with van der Waals surface area (Å²) >= 11 is 0. The van der Waals surface area contributed by atoms with E-state index in [4.69, 9.17) is 0 Å². The molecule has 0 bridgehead atoms. The zero-order chi connectivity index (χ0) is 12.7. The number of aromatic nitrogens is 3. The Hall–Kier alpha value is -1.98. The van der Waals surface area contributed by atoms with E-state index in [9.17, 15) is 14.0 Å². The van der Waals surface area contributed by atoms with E-state index in [0.29, 0.717) is 0 Å². The summed E-state index contributed by atoms with van der Waals surface area (Å²) in [6.07, 6.45) is 1.38. The summed E-state index contributed by atoms with van der Waals surface area (Å²) in [5.41, 5.74) is -1.09. The second-order valence-electron chi connectivity index (χ2n) is 4.18. The largest absolute Gasteiger partial charge is 0.349 e. The van der Waals surface area contributed by atoms with E-state index >= 15 is 0 Å². The van der Waals surface area contributed by atoms with Gasteiger partial charge in [0.2, 0.25) is 0 Å². The molecule has 2 heterocycles. The molecule has 0 fully saturated rings. The maximum Gasteiger partial charge on any atom is 0.349 e. The van der Waals surface area contributed by atoms with Crippen LogP contribution in [0.25, 0.3) is 11.0 Å². The maximum absolute atomic E-state index is 13.9. The number of halogens is 1. The maximum atomic E-state index is 13.9. The Morgan fingerprint density at radius 2 is 2.06 bits per heavy atom. The number of nitrogens with zero attached hydrogens (tertiary/aromatic N) is 2. The predicted octanol–water partition coefficient (Wildman–Crippen LogP) is 1.11. The lowest BCUT2D eigenvalue weighted by atomic mass is 10.2. The number of nitrogens with one attached hydrogen (secondary N) is 1. The third-order valence-corrected chi connectivity index (χ3v) is 2.65. The number of rotatable bonds is 1. The molecule has 0 aliphatic rings. The van der Waals surface area contributed by atoms with Gasteiger partial charge in [0.25, 0.3) is 5.56 Å². The highest BCUT2D eigenvalue weighted by Gasteiger charge is 2.12. The summed E-state index contributed by atoms with van der Waals surface area (Å²) in [7, 11) is 0. The number of pyridine rings is 1. The summed E-state index contributed by atoms with van der Waals surface area (Å²) in [5.74, 6) is -0.634. The smallest absolute Gasteiger partial charge is 0.306 e. The first-order valence-electron chi connectivity index (χ1n) is 5.23. The summed E-state index contributed by atoms with van der Waals surface area (Å²) in [4.78, 5) is 29.0. The molecule has 0 amide bonds. The molecule has 0 aromatic carbocycles. The summed E-state index contributed by atoms with van der Waals surface area (Å²) < 4.78 is 15.2. The normalized spacial score (nSPS) is 11.4. The van der Waals surface area contributed by atoms with Crippen LogP contribution in [0.1, 0.15) is 25.5 Å². The van der Waals surface area contributed by atoms with Crippen LogP contribution in [-0.2, 0) is 0 Å². The van der Waals surface area contributed by atoms with Gasteiger partial charge in [0.05, 0.1) is 10.9 Å². The van der Waals surface area contributed by atoms with Crippen molar-refractivity contribution >= 4 is 11.0 Å². The Labute approximate surface area is 95.9 Å². The number of aromatic amines is 1. The molecule has 0 saturated heterocycles. The van der Waals surface area contributed by atoms with Crippen LogP contribution in [0, 0.1) is 12.7 Å². The second-order valence-corrected chi connectivity index (χ2v) is 4.18. The standard InChI is InChI=1S/C11H12FN3O2/c1-5(2)15-4-7-8(12)6(3)10(16)13-9(7)14-11(15)17/h4-5H,1-3H3,(H,13,14,16,17). The Balaban J connectivity index is 2.95. The van der Waals surface area contributed by atoms with Gasteiger partial charge in [0, 0.05) is 12.2 Å². The fraction of sp³-hybridized carbons (Fsp3) is 0.364. The molecule has 0 aliphatic carbocycles. The van der Waals surface area contributed by atoms with E-state index in [1.54, 1.807) is 13.8 Å². The number of hydrogen-bond acceptors (Lipinski definition) is 3. The molecule has 90 valence electrons. The van der Waals surface area contributed by atoms with Crippen LogP contribution in [0.3, 0.4) is 0 Å². The summed E-state index contributed by atoms with van der Waals surface area (Å²) in [6, 6.07) is -0.119. The first kappa shape index (κ1) is 11.5. The molecule has 0 atom stereocenters. The first-order chi connectivity index (χ1) is 7.91. The van der Waals surface area contributed by atoms with E-state index < -0.39 is 17.1 Å². The van der Waals surface area contributed by atoms with Crippen LogP contribution in [0.4, 0.5) is 4.39 Å². The third-order valence-electron chi connectivity index (χ3n) is 2.65. The quantitative estimate of drug-likeness (QED) is 0.807. The van der Waals surface area contributed by atoms with Crippen LogP contribution >= 0.6 is 0 Å². The van der Waals surface area contributed by atoms with Crippen LogP contribution < -0.4 is 11.2 Å². The molecule has 0 unspecified atom stereocenters. The molecule has 2 rings (SSSR count). The number of hydrogen-bond donors (Lipinski definition) is 1. The van der Waals surface area contributed by atoms with Gasteiger partial charge in [-0.1, -0.05) is 0 Å². The molecule has 0 saturated carbocycles. The van der Waals surface area contributed by atoms with Crippen LogP contribution in [0.5, 0.6) is 0 Å². The van der Waals surface area contributed by atoms with Crippen LogP contribution in [0.15, 0.2) is 15.8 Å². The van der Waals surface area contributed by atoms with E-state index in [1.807, 2.05) is 0 Å². The lowest BCUT2D eigenvalue weighted by molar-refractivity contribution is 0.563. The van der Waals surface area contributed by atoms with Gasteiger partial charge in [-0.15, -0.1) is 0 Å². The molecule has 2 aromatic rings. The van der Waals surface area contributed by atoms with Crippen molar-refractivity contribution in [2.75, 3.05) is 0 Å². The topological polar surface area (TPSA) is 67.8 Å². The lowest BCUT2D eigenvalue weighted by Crippen LogP contribution is -2.26. The molecule has 6 heteroatoms. The molecule has 1 N–H and O–H groups in total. The lowest BCUT2D eigenvalue weighted by Gasteiger charge is -2.10.